The Hall–Kier alpha value is -0.610. The number of halogens is 1. The number of methoxy groups -OCH3 is 1. The zero-order valence-corrected chi connectivity index (χ0v) is 9.09. The molecule has 0 fully saturated rings. The van der Waals surface area contributed by atoms with Gasteiger partial charge in [0.15, 0.2) is 0 Å². The number of hydrogen-bond acceptors (Lipinski definition) is 2. The third-order valence-electron chi connectivity index (χ3n) is 2.10. The van der Waals surface area contributed by atoms with Crippen LogP contribution >= 0.6 is 15.9 Å². The van der Waals surface area contributed by atoms with Crippen LogP contribution in [0, 0.1) is 0 Å². The van der Waals surface area contributed by atoms with Crippen LogP contribution in [0.25, 0.3) is 0 Å². The van der Waals surface area contributed by atoms with Crippen molar-refractivity contribution < 1.29 is 14.6 Å². The third-order valence-corrected chi connectivity index (χ3v) is 2.75. The number of carboxylic acids is 1. The third kappa shape index (κ3) is 2.19. The first kappa shape index (κ1) is 10.5. The number of carboxylic acid groups (broad SMARTS) is 1. The molecule has 1 atom stereocenters. The van der Waals surface area contributed by atoms with Gasteiger partial charge >= 0.3 is 5.97 Å². The fourth-order valence-corrected chi connectivity index (χ4v) is 1.95. The maximum absolute atomic E-state index is 10.7. The highest BCUT2D eigenvalue weighted by Crippen LogP contribution is 2.31. The van der Waals surface area contributed by atoms with E-state index in [2.05, 4.69) is 15.9 Å². The van der Waals surface area contributed by atoms with Crippen LogP contribution in [0.2, 0.25) is 0 Å². The van der Waals surface area contributed by atoms with Crippen molar-refractivity contribution in [3.05, 3.63) is 22.2 Å². The number of carbonyl (C=O) groups is 1. The van der Waals surface area contributed by atoms with Crippen LogP contribution < -0.4 is 0 Å². The molecule has 1 aliphatic rings. The van der Waals surface area contributed by atoms with Crippen molar-refractivity contribution in [2.75, 3.05) is 7.11 Å². The summed E-state index contributed by atoms with van der Waals surface area (Å²) in [6.45, 7) is 1.91. The number of rotatable bonds is 2. The molecule has 0 saturated heterocycles. The molecule has 0 saturated carbocycles. The van der Waals surface area contributed by atoms with Gasteiger partial charge in [-0.1, -0.05) is 22.0 Å². The van der Waals surface area contributed by atoms with Gasteiger partial charge in [-0.3, -0.25) is 0 Å². The molecule has 0 amide bonds. The highest BCUT2D eigenvalue weighted by atomic mass is 79.9. The van der Waals surface area contributed by atoms with Gasteiger partial charge in [-0.2, -0.15) is 0 Å². The van der Waals surface area contributed by atoms with Gasteiger partial charge in [-0.15, -0.1) is 0 Å². The van der Waals surface area contributed by atoms with E-state index in [1.807, 2.05) is 6.92 Å². The van der Waals surface area contributed by atoms with Gasteiger partial charge in [0.1, 0.15) is 0 Å². The zero-order chi connectivity index (χ0) is 10.1. The Morgan fingerprint density at radius 1 is 1.77 bits per heavy atom. The molecule has 0 aromatic carbocycles. The molecule has 0 aliphatic heterocycles. The molecule has 0 aromatic heterocycles. The number of ether oxygens (including phenoxy) is 1. The average Bonchev–Trinajstić information content (AvgIpc) is 2.03. The predicted octanol–water partition coefficient (Wildman–Crippen LogP) is 2.08. The van der Waals surface area contributed by atoms with Crippen LogP contribution in [0.1, 0.15) is 13.3 Å². The Morgan fingerprint density at radius 3 is 2.77 bits per heavy atom. The molecule has 4 heteroatoms. The quantitative estimate of drug-likeness (QED) is 0.812. The minimum atomic E-state index is -0.915. The fraction of sp³-hybridized carbons (Fsp3) is 0.444. The summed E-state index contributed by atoms with van der Waals surface area (Å²) < 4.78 is 5.81. The number of aliphatic carboxylic acids is 1. The summed E-state index contributed by atoms with van der Waals surface area (Å²) >= 11 is 3.20. The molecule has 72 valence electrons. The molecule has 1 N–H and O–H groups in total. The summed E-state index contributed by atoms with van der Waals surface area (Å²) in [4.78, 5) is 10.7. The number of hydrogen-bond donors (Lipinski definition) is 1. The SMILES string of the molecule is COC1(C)C=C(Br)C(C(=O)O)=CC1. The van der Waals surface area contributed by atoms with Crippen LogP contribution in [0.15, 0.2) is 22.2 Å². The van der Waals surface area contributed by atoms with Crippen LogP contribution in [-0.4, -0.2) is 23.8 Å². The highest BCUT2D eigenvalue weighted by Gasteiger charge is 2.27. The van der Waals surface area contributed by atoms with E-state index >= 15 is 0 Å². The standard InChI is InChI=1S/C9H11BrO3/c1-9(13-2)4-3-6(8(11)12)7(10)5-9/h3,5H,4H2,1-2H3,(H,11,12). The van der Waals surface area contributed by atoms with Gasteiger partial charge < -0.3 is 9.84 Å². The molecular formula is C9H11BrO3. The van der Waals surface area contributed by atoms with Crippen molar-refractivity contribution >= 4 is 21.9 Å². The maximum atomic E-state index is 10.7. The van der Waals surface area contributed by atoms with Crippen molar-refractivity contribution in [1.82, 2.24) is 0 Å². The predicted molar refractivity (Wildman–Crippen MR) is 52.8 cm³/mol. The lowest BCUT2D eigenvalue weighted by Crippen LogP contribution is -2.27. The van der Waals surface area contributed by atoms with Crippen LogP contribution in [0.5, 0.6) is 0 Å². The normalized spacial score (nSPS) is 27.9. The second-order valence-electron chi connectivity index (χ2n) is 3.14. The van der Waals surface area contributed by atoms with E-state index in [0.717, 1.165) is 0 Å². The van der Waals surface area contributed by atoms with E-state index in [1.54, 1.807) is 19.3 Å². The second kappa shape index (κ2) is 3.64. The van der Waals surface area contributed by atoms with Gasteiger partial charge in [-0.25, -0.2) is 4.79 Å². The minimum Gasteiger partial charge on any atom is -0.478 e. The summed E-state index contributed by atoms with van der Waals surface area (Å²) in [5, 5.41) is 8.77. The van der Waals surface area contributed by atoms with E-state index in [1.165, 1.54) is 0 Å². The van der Waals surface area contributed by atoms with Crippen LogP contribution in [-0.2, 0) is 9.53 Å². The lowest BCUT2D eigenvalue weighted by Gasteiger charge is -2.27. The van der Waals surface area contributed by atoms with Crippen molar-refractivity contribution in [2.24, 2.45) is 0 Å². The van der Waals surface area contributed by atoms with Gasteiger partial charge in [0.2, 0.25) is 0 Å². The molecule has 13 heavy (non-hydrogen) atoms. The van der Waals surface area contributed by atoms with E-state index < -0.39 is 11.6 Å². The van der Waals surface area contributed by atoms with E-state index in [4.69, 9.17) is 9.84 Å². The van der Waals surface area contributed by atoms with Gasteiger partial charge in [-0.05, 0) is 19.4 Å². The van der Waals surface area contributed by atoms with E-state index in [-0.39, 0.29) is 0 Å². The lowest BCUT2D eigenvalue weighted by molar-refractivity contribution is -0.132. The average molecular weight is 247 g/mol. The molecular weight excluding hydrogens is 236 g/mol. The highest BCUT2D eigenvalue weighted by molar-refractivity contribution is 9.12. The second-order valence-corrected chi connectivity index (χ2v) is 3.99. The monoisotopic (exact) mass is 246 g/mol. The Labute approximate surface area is 85.2 Å². The molecule has 1 rings (SSSR count). The Bertz CT molecular complexity index is 293. The first-order chi connectivity index (χ1) is 5.98. The molecule has 0 heterocycles. The summed E-state index contributed by atoms with van der Waals surface area (Å²) in [5.74, 6) is -0.915. The molecule has 1 unspecified atom stereocenters. The minimum absolute atomic E-state index is 0.300. The van der Waals surface area contributed by atoms with Crippen molar-refractivity contribution in [2.45, 2.75) is 18.9 Å². The van der Waals surface area contributed by atoms with Crippen LogP contribution in [0.3, 0.4) is 0 Å². The molecule has 3 nitrogen and oxygen atoms in total. The summed E-state index contributed by atoms with van der Waals surface area (Å²) in [5.41, 5.74) is -0.0906. The molecule has 0 aromatic rings. The largest absolute Gasteiger partial charge is 0.478 e. The van der Waals surface area contributed by atoms with Gasteiger partial charge in [0, 0.05) is 11.6 Å². The first-order valence-corrected chi connectivity index (χ1v) is 4.65. The topological polar surface area (TPSA) is 46.5 Å². The van der Waals surface area contributed by atoms with Crippen molar-refractivity contribution in [3.8, 4) is 0 Å². The Balaban J connectivity index is 2.93. The lowest BCUT2D eigenvalue weighted by atomic mass is 9.94. The van der Waals surface area contributed by atoms with E-state index in [9.17, 15) is 4.79 Å². The summed E-state index contributed by atoms with van der Waals surface area (Å²) in [6.07, 6.45) is 4.02. The molecule has 0 spiro atoms. The Morgan fingerprint density at radius 2 is 2.38 bits per heavy atom. The summed E-state index contributed by atoms with van der Waals surface area (Å²) in [6, 6.07) is 0. The summed E-state index contributed by atoms with van der Waals surface area (Å²) in [7, 11) is 1.61. The smallest absolute Gasteiger partial charge is 0.336 e. The molecule has 0 bridgehead atoms. The Kier molecular flexibility index (Phi) is 2.93. The van der Waals surface area contributed by atoms with E-state index in [0.29, 0.717) is 16.5 Å². The van der Waals surface area contributed by atoms with Crippen molar-refractivity contribution in [3.63, 3.8) is 0 Å². The molecule has 1 aliphatic carbocycles. The first-order valence-electron chi connectivity index (χ1n) is 3.86. The molecule has 0 radical (unpaired) electrons. The van der Waals surface area contributed by atoms with Crippen LogP contribution in [0.4, 0.5) is 0 Å². The fourth-order valence-electron chi connectivity index (χ4n) is 1.14. The van der Waals surface area contributed by atoms with Gasteiger partial charge in [0.05, 0.1) is 11.2 Å². The zero-order valence-electron chi connectivity index (χ0n) is 7.50. The maximum Gasteiger partial charge on any atom is 0.336 e. The van der Waals surface area contributed by atoms with Gasteiger partial charge in [0.25, 0.3) is 0 Å². The van der Waals surface area contributed by atoms with Crippen molar-refractivity contribution in [1.29, 1.82) is 0 Å².